The Balaban J connectivity index is 1.56. The van der Waals surface area contributed by atoms with Gasteiger partial charge in [0.1, 0.15) is 23.7 Å². The summed E-state index contributed by atoms with van der Waals surface area (Å²) < 4.78 is 11.8. The molecule has 5 heteroatoms. The number of aryl methyl sites for hydroxylation is 1. The number of benzene rings is 2. The molecule has 0 unspecified atom stereocenters. The van der Waals surface area contributed by atoms with Gasteiger partial charge in [-0.15, -0.1) is 0 Å². The van der Waals surface area contributed by atoms with Crippen molar-refractivity contribution >= 4 is 16.9 Å². The van der Waals surface area contributed by atoms with E-state index >= 15 is 0 Å². The van der Waals surface area contributed by atoms with Crippen LogP contribution in [0.3, 0.4) is 0 Å². The largest absolute Gasteiger partial charge is 0.489 e. The van der Waals surface area contributed by atoms with Crippen LogP contribution in [0.25, 0.3) is 11.0 Å². The van der Waals surface area contributed by atoms with Crippen molar-refractivity contribution in [1.29, 1.82) is 0 Å². The molecular weight excluding hydrogens is 378 g/mol. The molecule has 1 N–H and O–H groups in total. The van der Waals surface area contributed by atoms with Crippen LogP contribution in [-0.2, 0) is 6.61 Å². The van der Waals surface area contributed by atoms with E-state index in [1.807, 2.05) is 62.5 Å². The van der Waals surface area contributed by atoms with E-state index in [0.717, 1.165) is 36.6 Å². The highest BCUT2D eigenvalue weighted by Gasteiger charge is 2.36. The summed E-state index contributed by atoms with van der Waals surface area (Å²) in [6.45, 7) is 2.96. The van der Waals surface area contributed by atoms with E-state index in [1.165, 1.54) is 0 Å². The highest BCUT2D eigenvalue weighted by atomic mass is 16.5. The van der Waals surface area contributed by atoms with Crippen LogP contribution in [0.4, 0.5) is 0 Å². The minimum absolute atomic E-state index is 0.0776. The molecule has 0 bridgehead atoms. The zero-order valence-electron chi connectivity index (χ0n) is 17.7. The van der Waals surface area contributed by atoms with E-state index in [0.29, 0.717) is 35.8 Å². The predicted molar refractivity (Wildman–Crippen MR) is 117 cm³/mol. The summed E-state index contributed by atoms with van der Waals surface area (Å²) in [4.78, 5) is 15.1. The van der Waals surface area contributed by atoms with Crippen LogP contribution in [0, 0.1) is 12.3 Å². The third-order valence-corrected chi connectivity index (χ3v) is 6.22. The number of rotatable bonds is 7. The highest BCUT2D eigenvalue weighted by molar-refractivity contribution is 6.07. The van der Waals surface area contributed by atoms with Crippen molar-refractivity contribution in [2.24, 2.45) is 5.41 Å². The molecule has 1 aromatic heterocycles. The fourth-order valence-corrected chi connectivity index (χ4v) is 4.55. The topological polar surface area (TPSA) is 62.9 Å². The van der Waals surface area contributed by atoms with Gasteiger partial charge in [-0.25, -0.2) is 0 Å². The molecular formula is C25H29NO4. The second kappa shape index (κ2) is 8.52. The average Bonchev–Trinajstić information content (AvgIpc) is 3.36. The molecule has 1 amide bonds. The van der Waals surface area contributed by atoms with Gasteiger partial charge in [-0.2, -0.15) is 0 Å². The van der Waals surface area contributed by atoms with E-state index in [-0.39, 0.29) is 17.9 Å². The van der Waals surface area contributed by atoms with Gasteiger partial charge in [-0.1, -0.05) is 43.2 Å². The highest BCUT2D eigenvalue weighted by Crippen LogP contribution is 2.39. The monoisotopic (exact) mass is 407 g/mol. The Hall–Kier alpha value is -2.79. The molecule has 1 saturated carbocycles. The lowest BCUT2D eigenvalue weighted by atomic mass is 9.86. The van der Waals surface area contributed by atoms with Crippen molar-refractivity contribution < 1.29 is 19.1 Å². The summed E-state index contributed by atoms with van der Waals surface area (Å²) in [5.74, 6) is 1.23. The fourth-order valence-electron chi connectivity index (χ4n) is 4.55. The van der Waals surface area contributed by atoms with Gasteiger partial charge in [-0.05, 0) is 43.5 Å². The molecule has 0 radical (unpaired) electrons. The van der Waals surface area contributed by atoms with Crippen molar-refractivity contribution in [1.82, 2.24) is 4.90 Å². The minimum atomic E-state index is -0.179. The maximum Gasteiger partial charge on any atom is 0.257 e. The number of carbonyl (C=O) groups excluding carboxylic acids is 1. The van der Waals surface area contributed by atoms with E-state index in [2.05, 4.69) is 0 Å². The Labute approximate surface area is 177 Å². The van der Waals surface area contributed by atoms with Crippen molar-refractivity contribution in [3.05, 3.63) is 65.4 Å². The smallest absolute Gasteiger partial charge is 0.257 e. The maximum absolute atomic E-state index is 13.3. The Morgan fingerprint density at radius 3 is 2.60 bits per heavy atom. The van der Waals surface area contributed by atoms with Gasteiger partial charge in [-0.3, -0.25) is 4.79 Å². The molecule has 2 aromatic carbocycles. The number of hydrogen-bond donors (Lipinski definition) is 1. The number of ether oxygens (including phenoxy) is 1. The van der Waals surface area contributed by atoms with Crippen LogP contribution in [0.2, 0.25) is 0 Å². The molecule has 0 atom stereocenters. The molecule has 1 aliphatic rings. The molecule has 30 heavy (non-hydrogen) atoms. The first-order chi connectivity index (χ1) is 14.5. The van der Waals surface area contributed by atoms with Crippen LogP contribution in [-0.4, -0.2) is 36.1 Å². The number of aliphatic hydroxyl groups is 1. The summed E-state index contributed by atoms with van der Waals surface area (Å²) in [6, 6.07) is 15.6. The first-order valence-electron chi connectivity index (χ1n) is 10.6. The van der Waals surface area contributed by atoms with Gasteiger partial charge in [0.15, 0.2) is 0 Å². The van der Waals surface area contributed by atoms with Gasteiger partial charge in [0.05, 0.1) is 12.2 Å². The summed E-state index contributed by atoms with van der Waals surface area (Å²) >= 11 is 0. The van der Waals surface area contributed by atoms with E-state index in [9.17, 15) is 9.90 Å². The van der Waals surface area contributed by atoms with Crippen LogP contribution >= 0.6 is 0 Å². The van der Waals surface area contributed by atoms with Crippen molar-refractivity contribution in [2.75, 3.05) is 20.2 Å². The quantitative estimate of drug-likeness (QED) is 0.602. The van der Waals surface area contributed by atoms with E-state index in [4.69, 9.17) is 9.15 Å². The van der Waals surface area contributed by atoms with E-state index < -0.39 is 0 Å². The second-order valence-electron chi connectivity index (χ2n) is 8.49. The first-order valence-corrected chi connectivity index (χ1v) is 10.6. The number of fused-ring (bicyclic) bond motifs is 1. The molecule has 0 saturated heterocycles. The standard InChI is InChI=1S/C25H29NO4/c1-18-23(24(28)26(2)16-25(17-27)12-6-7-13-25)21-14-20(10-11-22(21)30-18)29-15-19-8-4-3-5-9-19/h3-5,8-11,14,27H,6-7,12-13,15-17H2,1-2H3. The molecule has 0 spiro atoms. The van der Waals surface area contributed by atoms with Crippen LogP contribution < -0.4 is 4.74 Å². The van der Waals surface area contributed by atoms with Gasteiger partial charge < -0.3 is 19.2 Å². The SMILES string of the molecule is Cc1oc2ccc(OCc3ccccc3)cc2c1C(=O)N(C)CC1(CO)CCCC1. The van der Waals surface area contributed by atoms with Gasteiger partial charge in [0.2, 0.25) is 0 Å². The minimum Gasteiger partial charge on any atom is -0.489 e. The van der Waals surface area contributed by atoms with Crippen molar-refractivity contribution in [2.45, 2.75) is 39.2 Å². The number of carbonyl (C=O) groups is 1. The second-order valence-corrected chi connectivity index (χ2v) is 8.49. The summed E-state index contributed by atoms with van der Waals surface area (Å²) in [5.41, 5.74) is 2.16. The van der Waals surface area contributed by atoms with Crippen LogP contribution in [0.15, 0.2) is 52.9 Å². The number of nitrogens with zero attached hydrogens (tertiary/aromatic N) is 1. The van der Waals surface area contributed by atoms with Gasteiger partial charge in [0, 0.05) is 24.4 Å². The lowest BCUT2D eigenvalue weighted by molar-refractivity contribution is 0.0595. The Kier molecular flexibility index (Phi) is 5.82. The fraction of sp³-hybridized carbons (Fsp3) is 0.400. The predicted octanol–water partition coefficient (Wildman–Crippen LogP) is 4.94. The van der Waals surface area contributed by atoms with Crippen molar-refractivity contribution in [3.63, 3.8) is 0 Å². The molecule has 1 aliphatic carbocycles. The number of aliphatic hydroxyl groups excluding tert-OH is 1. The summed E-state index contributed by atoms with van der Waals surface area (Å²) in [6.07, 6.45) is 4.14. The lowest BCUT2D eigenvalue weighted by Crippen LogP contribution is -2.39. The maximum atomic E-state index is 13.3. The molecule has 158 valence electrons. The van der Waals surface area contributed by atoms with Gasteiger partial charge >= 0.3 is 0 Å². The summed E-state index contributed by atoms with van der Waals surface area (Å²) in [5, 5.41) is 10.7. The van der Waals surface area contributed by atoms with E-state index in [1.54, 1.807) is 4.90 Å². The molecule has 4 rings (SSSR count). The Bertz CT molecular complexity index is 1020. The van der Waals surface area contributed by atoms with Crippen LogP contribution in [0.5, 0.6) is 5.75 Å². The Morgan fingerprint density at radius 2 is 1.90 bits per heavy atom. The third-order valence-electron chi connectivity index (χ3n) is 6.22. The van der Waals surface area contributed by atoms with Gasteiger partial charge in [0.25, 0.3) is 5.91 Å². The number of hydrogen-bond acceptors (Lipinski definition) is 4. The number of furan rings is 1. The van der Waals surface area contributed by atoms with Crippen molar-refractivity contribution in [3.8, 4) is 5.75 Å². The number of amides is 1. The molecule has 3 aromatic rings. The zero-order chi connectivity index (χ0) is 21.1. The molecule has 1 fully saturated rings. The Morgan fingerprint density at radius 1 is 1.17 bits per heavy atom. The zero-order valence-corrected chi connectivity index (χ0v) is 17.7. The average molecular weight is 408 g/mol. The first kappa shape index (κ1) is 20.5. The summed E-state index contributed by atoms with van der Waals surface area (Å²) in [7, 11) is 1.81. The lowest BCUT2D eigenvalue weighted by Gasteiger charge is -2.31. The normalized spacial score (nSPS) is 15.4. The molecule has 0 aliphatic heterocycles. The third kappa shape index (κ3) is 4.08. The molecule has 1 heterocycles. The molecule has 5 nitrogen and oxygen atoms in total. The van der Waals surface area contributed by atoms with Crippen LogP contribution in [0.1, 0.15) is 47.4 Å².